The van der Waals surface area contributed by atoms with Gasteiger partial charge < -0.3 is 10.5 Å². The minimum Gasteiger partial charge on any atom is -0.497 e. The van der Waals surface area contributed by atoms with Crippen molar-refractivity contribution in [2.75, 3.05) is 12.8 Å². The van der Waals surface area contributed by atoms with Crippen molar-refractivity contribution in [1.82, 2.24) is 9.97 Å². The van der Waals surface area contributed by atoms with Crippen LogP contribution in [0.4, 0.5) is 5.82 Å². The predicted molar refractivity (Wildman–Crippen MR) is 125 cm³/mol. The van der Waals surface area contributed by atoms with Gasteiger partial charge in [0, 0.05) is 18.5 Å². The van der Waals surface area contributed by atoms with Crippen molar-refractivity contribution in [3.05, 3.63) is 83.7 Å². The first-order valence-corrected chi connectivity index (χ1v) is 10.3. The molecule has 0 spiro atoms. The molecule has 0 saturated heterocycles. The second-order valence-corrected chi connectivity index (χ2v) is 7.77. The zero-order valence-corrected chi connectivity index (χ0v) is 17.9. The van der Waals surface area contributed by atoms with Crippen LogP contribution in [0.1, 0.15) is 41.4 Å². The Hall–Kier alpha value is -3.73. The maximum atomic E-state index is 12.2. The third-order valence-corrected chi connectivity index (χ3v) is 5.62. The summed E-state index contributed by atoms with van der Waals surface area (Å²) >= 11 is 0. The summed E-state index contributed by atoms with van der Waals surface area (Å²) in [5.41, 5.74) is 11.5. The molecule has 0 aliphatic rings. The SMILES string of the molecule is COc1ccc(-c2cc(C(C)=O)nc3cc(C(C)Cc4cccnc4N)ccc23)cc1. The van der Waals surface area contributed by atoms with E-state index < -0.39 is 0 Å². The Morgan fingerprint density at radius 1 is 1.10 bits per heavy atom. The first-order valence-electron chi connectivity index (χ1n) is 10.3. The van der Waals surface area contributed by atoms with Crippen LogP contribution in [-0.4, -0.2) is 22.9 Å². The number of pyridine rings is 2. The number of carbonyl (C=O) groups is 1. The van der Waals surface area contributed by atoms with Gasteiger partial charge in [0.1, 0.15) is 17.3 Å². The van der Waals surface area contributed by atoms with Crippen LogP contribution in [0.15, 0.2) is 66.9 Å². The van der Waals surface area contributed by atoms with Gasteiger partial charge in [-0.2, -0.15) is 0 Å². The lowest BCUT2D eigenvalue weighted by Gasteiger charge is -2.15. The molecule has 0 saturated carbocycles. The number of methoxy groups -OCH3 is 1. The molecule has 1 atom stereocenters. The van der Waals surface area contributed by atoms with Crippen LogP contribution in [0.25, 0.3) is 22.0 Å². The van der Waals surface area contributed by atoms with Crippen molar-refractivity contribution in [1.29, 1.82) is 0 Å². The second-order valence-electron chi connectivity index (χ2n) is 7.77. The summed E-state index contributed by atoms with van der Waals surface area (Å²) in [5.74, 6) is 1.52. The molecule has 31 heavy (non-hydrogen) atoms. The highest BCUT2D eigenvalue weighted by atomic mass is 16.5. The molecule has 1 unspecified atom stereocenters. The van der Waals surface area contributed by atoms with Crippen LogP contribution in [-0.2, 0) is 6.42 Å². The number of carbonyl (C=O) groups excluding carboxylic acids is 1. The van der Waals surface area contributed by atoms with Crippen molar-refractivity contribution < 1.29 is 9.53 Å². The molecule has 4 aromatic rings. The Bertz CT molecular complexity index is 1250. The van der Waals surface area contributed by atoms with Gasteiger partial charge in [0.05, 0.1) is 12.6 Å². The first kappa shape index (κ1) is 20.5. The number of nitrogen functional groups attached to an aromatic ring is 1. The number of nitrogens with zero attached hydrogens (tertiary/aromatic N) is 2. The van der Waals surface area contributed by atoms with E-state index in [4.69, 9.17) is 10.5 Å². The standard InChI is InChI=1S/C26H25N3O2/c1-16(13-20-5-4-12-28-26(20)27)19-8-11-22-23(18-6-9-21(31-3)10-7-18)15-24(17(2)30)29-25(22)14-19/h4-12,14-16H,13H2,1-3H3,(H2,27,28). The monoisotopic (exact) mass is 411 g/mol. The fourth-order valence-corrected chi connectivity index (χ4v) is 3.81. The molecular weight excluding hydrogens is 386 g/mol. The molecule has 2 heterocycles. The number of ether oxygens (including phenoxy) is 1. The lowest BCUT2D eigenvalue weighted by molar-refractivity contribution is 0.101. The van der Waals surface area contributed by atoms with E-state index in [2.05, 4.69) is 35.1 Å². The first-order chi connectivity index (χ1) is 15.0. The van der Waals surface area contributed by atoms with E-state index in [1.54, 1.807) is 20.2 Å². The van der Waals surface area contributed by atoms with Crippen molar-refractivity contribution in [2.45, 2.75) is 26.2 Å². The Labute approximate surface area is 181 Å². The molecule has 0 aliphatic carbocycles. The van der Waals surface area contributed by atoms with Crippen LogP contribution in [0.2, 0.25) is 0 Å². The molecular formula is C26H25N3O2. The smallest absolute Gasteiger partial charge is 0.178 e. The number of hydrogen-bond donors (Lipinski definition) is 1. The zero-order valence-electron chi connectivity index (χ0n) is 17.9. The van der Waals surface area contributed by atoms with Crippen molar-refractivity contribution in [2.24, 2.45) is 0 Å². The van der Waals surface area contributed by atoms with Crippen molar-refractivity contribution in [3.63, 3.8) is 0 Å². The number of anilines is 1. The molecule has 2 aromatic heterocycles. The molecule has 2 aromatic carbocycles. The van der Waals surface area contributed by atoms with E-state index in [1.807, 2.05) is 42.5 Å². The number of benzene rings is 2. The number of ketones is 1. The van der Waals surface area contributed by atoms with Crippen LogP contribution >= 0.6 is 0 Å². The number of aromatic nitrogens is 2. The largest absolute Gasteiger partial charge is 0.497 e. The van der Waals surface area contributed by atoms with E-state index in [0.717, 1.165) is 45.3 Å². The van der Waals surface area contributed by atoms with Gasteiger partial charge in [0.15, 0.2) is 5.78 Å². The Balaban J connectivity index is 1.78. The Kier molecular flexibility index (Phi) is 5.67. The number of nitrogens with two attached hydrogens (primary N) is 1. The summed E-state index contributed by atoms with van der Waals surface area (Å²) in [7, 11) is 1.65. The quantitative estimate of drug-likeness (QED) is 0.428. The van der Waals surface area contributed by atoms with E-state index in [-0.39, 0.29) is 11.7 Å². The maximum Gasteiger partial charge on any atom is 0.178 e. The topological polar surface area (TPSA) is 78.1 Å². The van der Waals surface area contributed by atoms with E-state index in [1.165, 1.54) is 0 Å². The summed E-state index contributed by atoms with van der Waals surface area (Å²) in [4.78, 5) is 21.0. The van der Waals surface area contributed by atoms with Gasteiger partial charge >= 0.3 is 0 Å². The molecule has 2 N–H and O–H groups in total. The molecule has 0 radical (unpaired) electrons. The fourth-order valence-electron chi connectivity index (χ4n) is 3.81. The second kappa shape index (κ2) is 8.56. The molecule has 4 rings (SSSR count). The summed E-state index contributed by atoms with van der Waals surface area (Å²) in [6.07, 6.45) is 2.48. The number of hydrogen-bond acceptors (Lipinski definition) is 5. The number of Topliss-reactive ketones (excluding diaryl/α,β-unsaturated/α-hetero) is 1. The Morgan fingerprint density at radius 3 is 2.55 bits per heavy atom. The molecule has 5 nitrogen and oxygen atoms in total. The van der Waals surface area contributed by atoms with E-state index in [9.17, 15) is 4.79 Å². The lowest BCUT2D eigenvalue weighted by Crippen LogP contribution is -2.04. The molecule has 156 valence electrons. The highest BCUT2D eigenvalue weighted by Gasteiger charge is 2.14. The summed E-state index contributed by atoms with van der Waals surface area (Å²) in [5, 5.41) is 1.01. The van der Waals surface area contributed by atoms with Crippen LogP contribution in [0, 0.1) is 0 Å². The van der Waals surface area contributed by atoms with E-state index >= 15 is 0 Å². The molecule has 0 fully saturated rings. The lowest BCUT2D eigenvalue weighted by atomic mass is 9.91. The average molecular weight is 412 g/mol. The minimum absolute atomic E-state index is 0.0572. The third kappa shape index (κ3) is 4.26. The van der Waals surface area contributed by atoms with Crippen LogP contribution in [0.3, 0.4) is 0 Å². The molecule has 0 bridgehead atoms. The van der Waals surface area contributed by atoms with Gasteiger partial charge in [0.25, 0.3) is 0 Å². The molecule has 0 amide bonds. The summed E-state index contributed by atoms with van der Waals surface area (Å²) in [6.45, 7) is 3.70. The van der Waals surface area contributed by atoms with Gasteiger partial charge in [-0.15, -0.1) is 0 Å². The minimum atomic E-state index is -0.0572. The van der Waals surface area contributed by atoms with Gasteiger partial charge in [-0.25, -0.2) is 9.97 Å². The number of fused-ring (bicyclic) bond motifs is 1. The van der Waals surface area contributed by atoms with Crippen LogP contribution < -0.4 is 10.5 Å². The van der Waals surface area contributed by atoms with Crippen LogP contribution in [0.5, 0.6) is 5.75 Å². The van der Waals surface area contributed by atoms with Gasteiger partial charge in [-0.05, 0) is 64.9 Å². The van der Waals surface area contributed by atoms with Gasteiger partial charge in [0.2, 0.25) is 0 Å². The molecule has 0 aliphatic heterocycles. The third-order valence-electron chi connectivity index (χ3n) is 5.62. The number of rotatable bonds is 6. The van der Waals surface area contributed by atoms with Gasteiger partial charge in [-0.1, -0.05) is 37.3 Å². The zero-order chi connectivity index (χ0) is 22.0. The van der Waals surface area contributed by atoms with Crippen molar-refractivity contribution >= 4 is 22.5 Å². The maximum absolute atomic E-state index is 12.2. The normalized spacial score (nSPS) is 12.0. The average Bonchev–Trinajstić information content (AvgIpc) is 2.79. The summed E-state index contributed by atoms with van der Waals surface area (Å²) in [6, 6.07) is 19.9. The predicted octanol–water partition coefficient (Wildman–Crippen LogP) is 5.44. The highest BCUT2D eigenvalue weighted by Crippen LogP contribution is 2.32. The molecule has 5 heteroatoms. The van der Waals surface area contributed by atoms with Gasteiger partial charge in [-0.3, -0.25) is 4.79 Å². The Morgan fingerprint density at radius 2 is 1.87 bits per heavy atom. The highest BCUT2D eigenvalue weighted by molar-refractivity contribution is 6.01. The van der Waals surface area contributed by atoms with E-state index in [0.29, 0.717) is 11.5 Å². The fraction of sp³-hybridized carbons (Fsp3) is 0.192. The summed E-state index contributed by atoms with van der Waals surface area (Å²) < 4.78 is 5.27. The van der Waals surface area contributed by atoms with Crippen molar-refractivity contribution in [3.8, 4) is 16.9 Å².